The molecule has 0 amide bonds. The third-order valence-electron chi connectivity index (χ3n) is 2.20. The molecule has 0 radical (unpaired) electrons. The molecule has 20 heavy (non-hydrogen) atoms. The van der Waals surface area contributed by atoms with Gasteiger partial charge in [0, 0.05) is 24.1 Å². The first-order chi connectivity index (χ1) is 9.20. The first kappa shape index (κ1) is 14.8. The maximum absolute atomic E-state index is 12.9. The fraction of sp³-hybridized carbons (Fsp3) is 0.222. The highest BCUT2D eigenvalue weighted by Gasteiger charge is 2.42. The van der Waals surface area contributed by atoms with Crippen LogP contribution in [0.15, 0.2) is 23.0 Å². The number of rotatable bonds is 3. The van der Waals surface area contributed by atoms with Crippen LogP contribution in [-0.4, -0.2) is 20.0 Å². The van der Waals surface area contributed by atoms with Crippen molar-refractivity contribution in [3.63, 3.8) is 0 Å². The average molecular weight is 328 g/mol. The van der Waals surface area contributed by atoms with Crippen molar-refractivity contribution in [3.05, 3.63) is 38.7 Å². The summed E-state index contributed by atoms with van der Waals surface area (Å²) in [5.74, 6) is 0. The van der Waals surface area contributed by atoms with E-state index in [9.17, 15) is 32.5 Å². The lowest BCUT2D eigenvalue weighted by Crippen LogP contribution is -2.24. The molecule has 0 spiro atoms. The van der Waals surface area contributed by atoms with Crippen molar-refractivity contribution in [3.8, 4) is 0 Å². The number of benzene rings is 1. The zero-order valence-electron chi connectivity index (χ0n) is 9.26. The number of aromatic nitrogens is 1. The highest BCUT2D eigenvalue weighted by Crippen LogP contribution is 2.34. The molecule has 1 aromatic carbocycles. The van der Waals surface area contributed by atoms with Gasteiger partial charge in [-0.25, -0.2) is 4.39 Å². The van der Waals surface area contributed by atoms with Crippen LogP contribution >= 0.6 is 23.5 Å². The summed E-state index contributed by atoms with van der Waals surface area (Å²) in [6.45, 7) is 0. The Hall–Kier alpha value is -1.62. The van der Waals surface area contributed by atoms with Gasteiger partial charge in [0.2, 0.25) is 0 Å². The second-order valence-electron chi connectivity index (χ2n) is 3.55. The number of fused-ring (bicyclic) bond motifs is 1. The largest absolute Gasteiger partial charge is 0.430 e. The van der Waals surface area contributed by atoms with Gasteiger partial charge in [0.25, 0.3) is 16.8 Å². The van der Waals surface area contributed by atoms with E-state index in [-0.39, 0.29) is 27.7 Å². The smallest absolute Gasteiger partial charge is 0.267 e. The van der Waals surface area contributed by atoms with Crippen molar-refractivity contribution < 1.29 is 22.5 Å². The number of nitro benzene ring substituents is 1. The minimum Gasteiger partial charge on any atom is -0.267 e. The normalized spacial score (nSPS) is 13.6. The average Bonchev–Trinajstić information content (AvgIpc) is 2.64. The minimum absolute atomic E-state index is 0.00229. The van der Waals surface area contributed by atoms with Crippen LogP contribution in [0.3, 0.4) is 0 Å². The fourth-order valence-electron chi connectivity index (χ4n) is 1.32. The second kappa shape index (κ2) is 5.05. The van der Waals surface area contributed by atoms with E-state index in [1.165, 1.54) is 0 Å². The molecule has 2 aromatic rings. The quantitative estimate of drug-likeness (QED) is 0.492. The lowest BCUT2D eigenvalue weighted by Gasteiger charge is -2.10. The number of hydrogen-bond donors (Lipinski definition) is 0. The molecule has 0 saturated heterocycles. The van der Waals surface area contributed by atoms with E-state index in [4.69, 9.17) is 0 Å². The number of nitrogens with zero attached hydrogens (tertiary/aromatic N) is 2. The Balaban J connectivity index is 2.44. The second-order valence-corrected chi connectivity index (χ2v) is 5.76. The van der Waals surface area contributed by atoms with Gasteiger partial charge in [0.05, 0.1) is 15.0 Å². The van der Waals surface area contributed by atoms with Crippen LogP contribution in [0.5, 0.6) is 0 Å². The van der Waals surface area contributed by atoms with Gasteiger partial charge in [-0.2, -0.15) is 16.5 Å². The number of non-ortho nitro benzene ring substituents is 1. The molecule has 5 nitrogen and oxygen atoms in total. The zero-order chi connectivity index (χ0) is 15.1. The Morgan fingerprint density at radius 3 is 2.60 bits per heavy atom. The predicted octanol–water partition coefficient (Wildman–Crippen LogP) is 3.33. The van der Waals surface area contributed by atoms with Crippen LogP contribution in [0, 0.1) is 10.1 Å². The Morgan fingerprint density at radius 2 is 2.05 bits per heavy atom. The highest BCUT2D eigenvalue weighted by atomic mass is 32.2. The Bertz CT molecular complexity index is 724. The van der Waals surface area contributed by atoms with E-state index in [1.807, 2.05) is 0 Å². The third kappa shape index (κ3) is 2.77. The van der Waals surface area contributed by atoms with Crippen LogP contribution < -0.4 is 5.56 Å². The summed E-state index contributed by atoms with van der Waals surface area (Å²) in [6.07, 6.45) is -5.09. The summed E-state index contributed by atoms with van der Waals surface area (Å²) in [7, 11) is 0. The molecule has 11 heteroatoms. The van der Waals surface area contributed by atoms with Crippen molar-refractivity contribution >= 4 is 39.3 Å². The topological polar surface area (TPSA) is 65.1 Å². The van der Waals surface area contributed by atoms with Crippen molar-refractivity contribution in [2.24, 2.45) is 0 Å². The summed E-state index contributed by atoms with van der Waals surface area (Å²) in [5, 5.41) is 10.6. The number of hydrogen-bond acceptors (Lipinski definition) is 5. The fourth-order valence-corrected chi connectivity index (χ4v) is 3.23. The minimum atomic E-state index is -5.09. The molecule has 0 aliphatic rings. The summed E-state index contributed by atoms with van der Waals surface area (Å²) in [4.78, 5) is 21.6. The van der Waals surface area contributed by atoms with Crippen LogP contribution in [0.25, 0.3) is 10.1 Å². The zero-order valence-corrected chi connectivity index (χ0v) is 10.9. The van der Waals surface area contributed by atoms with E-state index >= 15 is 0 Å². The molecule has 1 heterocycles. The first-order valence-electron chi connectivity index (χ1n) is 4.88. The first-order valence-corrected chi connectivity index (χ1v) is 6.49. The molecule has 1 atom stereocenters. The SMILES string of the molecule is O=c1c2ccc([N+](=O)[O-])cc2sn1SC(F)C(F)(F)F. The molecular formula is C9H4F4N2O3S2. The number of halogens is 4. The summed E-state index contributed by atoms with van der Waals surface area (Å²) in [5.41, 5.74) is -4.39. The van der Waals surface area contributed by atoms with E-state index in [1.54, 1.807) is 0 Å². The maximum atomic E-state index is 12.9. The number of nitro groups is 1. The van der Waals surface area contributed by atoms with Gasteiger partial charge >= 0.3 is 6.18 Å². The van der Waals surface area contributed by atoms with Crippen molar-refractivity contribution in [2.45, 2.75) is 11.7 Å². The molecule has 1 aromatic heterocycles. The van der Waals surface area contributed by atoms with Crippen LogP contribution in [-0.2, 0) is 0 Å². The molecule has 0 aliphatic heterocycles. The van der Waals surface area contributed by atoms with Crippen molar-refractivity contribution in [1.29, 1.82) is 0 Å². The van der Waals surface area contributed by atoms with Gasteiger partial charge in [0.1, 0.15) is 0 Å². The van der Waals surface area contributed by atoms with E-state index in [0.717, 1.165) is 18.2 Å². The van der Waals surface area contributed by atoms with Gasteiger partial charge in [0.15, 0.2) is 0 Å². The van der Waals surface area contributed by atoms with E-state index in [0.29, 0.717) is 14.9 Å². The van der Waals surface area contributed by atoms with Gasteiger partial charge in [-0.1, -0.05) is 0 Å². The lowest BCUT2D eigenvalue weighted by molar-refractivity contribution is -0.384. The molecule has 2 rings (SSSR count). The molecule has 0 saturated carbocycles. The van der Waals surface area contributed by atoms with E-state index < -0.39 is 22.2 Å². The molecule has 0 bridgehead atoms. The molecular weight excluding hydrogens is 324 g/mol. The van der Waals surface area contributed by atoms with Crippen LogP contribution in [0.4, 0.5) is 23.2 Å². The predicted molar refractivity (Wildman–Crippen MR) is 66.7 cm³/mol. The standard InChI is InChI=1S/C9H4F4N2O3S2/c10-8(9(11,12)13)20-15-7(16)5-2-1-4(14(17)18)3-6(5)19-15/h1-3,8H. The Morgan fingerprint density at radius 1 is 1.40 bits per heavy atom. The third-order valence-corrected chi connectivity index (χ3v) is 4.36. The van der Waals surface area contributed by atoms with Gasteiger partial charge in [-0.3, -0.25) is 14.9 Å². The summed E-state index contributed by atoms with van der Waals surface area (Å²) in [6, 6.07) is 3.24. The molecule has 0 aliphatic carbocycles. The molecule has 0 fully saturated rings. The highest BCUT2D eigenvalue weighted by molar-refractivity contribution is 7.99. The maximum Gasteiger partial charge on any atom is 0.430 e. The Labute approximate surface area is 116 Å². The molecule has 108 valence electrons. The monoisotopic (exact) mass is 328 g/mol. The molecule has 1 unspecified atom stereocenters. The lowest BCUT2D eigenvalue weighted by atomic mass is 10.2. The van der Waals surface area contributed by atoms with Crippen molar-refractivity contribution in [1.82, 2.24) is 3.36 Å². The molecule has 0 N–H and O–H groups in total. The van der Waals surface area contributed by atoms with Crippen LogP contribution in [0.2, 0.25) is 0 Å². The van der Waals surface area contributed by atoms with Gasteiger partial charge < -0.3 is 0 Å². The van der Waals surface area contributed by atoms with Crippen LogP contribution in [0.1, 0.15) is 0 Å². The number of alkyl halides is 4. The van der Waals surface area contributed by atoms with Gasteiger partial charge in [-0.15, -0.1) is 0 Å². The Kier molecular flexibility index (Phi) is 3.73. The summed E-state index contributed by atoms with van der Waals surface area (Å²) < 4.78 is 49.8. The van der Waals surface area contributed by atoms with Gasteiger partial charge in [-0.05, 0) is 17.6 Å². The van der Waals surface area contributed by atoms with Crippen molar-refractivity contribution in [2.75, 3.05) is 0 Å². The van der Waals surface area contributed by atoms with E-state index in [2.05, 4.69) is 0 Å². The summed E-state index contributed by atoms with van der Waals surface area (Å²) >= 11 is 0.201.